The van der Waals surface area contributed by atoms with Crippen molar-refractivity contribution in [2.45, 2.75) is 13.0 Å². The first kappa shape index (κ1) is 21.0. The van der Waals surface area contributed by atoms with Crippen LogP contribution in [-0.2, 0) is 4.74 Å². The minimum Gasteiger partial charge on any atom is -0.493 e. The van der Waals surface area contributed by atoms with Crippen LogP contribution in [0.4, 0.5) is 5.69 Å². The molecule has 164 valence electrons. The van der Waals surface area contributed by atoms with Crippen LogP contribution in [0.5, 0.6) is 11.5 Å². The lowest BCUT2D eigenvalue weighted by molar-refractivity contribution is 0.0135. The van der Waals surface area contributed by atoms with E-state index in [0.717, 1.165) is 41.1 Å². The van der Waals surface area contributed by atoms with Crippen LogP contribution in [0.2, 0.25) is 0 Å². The molecule has 3 aromatic rings. The molecule has 8 nitrogen and oxygen atoms in total. The fraction of sp³-hybridized carbons (Fsp3) is 0.348. The van der Waals surface area contributed by atoms with Crippen molar-refractivity contribution >= 4 is 22.5 Å². The van der Waals surface area contributed by atoms with Gasteiger partial charge in [-0.1, -0.05) is 0 Å². The summed E-state index contributed by atoms with van der Waals surface area (Å²) < 4.78 is 18.4. The van der Waals surface area contributed by atoms with Crippen molar-refractivity contribution in [3.8, 4) is 17.2 Å². The standard InChI is InChI=1S/C23H27N3O5/c1-14-22(23(24)28)18-10-20(29-2)21(30-3)11-19(18)26(14)16-6-4-15(5-7-16)25-12-17(13-25)31-9-8-27/h4-7,10-11,17,27H,8-9,12-13H2,1-3H3,(H2,24,28). The second-order valence-corrected chi connectivity index (χ2v) is 7.52. The number of nitrogens with two attached hydrogens (primary N) is 1. The number of benzene rings is 2. The molecule has 31 heavy (non-hydrogen) atoms. The summed E-state index contributed by atoms with van der Waals surface area (Å²) in [7, 11) is 3.14. The van der Waals surface area contributed by atoms with E-state index >= 15 is 0 Å². The van der Waals surface area contributed by atoms with Gasteiger partial charge in [0, 0.05) is 41.6 Å². The Hall–Kier alpha value is -3.23. The summed E-state index contributed by atoms with van der Waals surface area (Å²) in [4.78, 5) is 14.5. The predicted molar refractivity (Wildman–Crippen MR) is 119 cm³/mol. The normalized spacial score (nSPS) is 14.0. The van der Waals surface area contributed by atoms with Gasteiger partial charge in [0.15, 0.2) is 11.5 Å². The summed E-state index contributed by atoms with van der Waals surface area (Å²) in [5.41, 5.74) is 9.76. The molecule has 0 spiro atoms. The lowest BCUT2D eigenvalue weighted by atomic mass is 10.1. The van der Waals surface area contributed by atoms with Crippen LogP contribution in [0.15, 0.2) is 36.4 Å². The Labute approximate surface area is 180 Å². The van der Waals surface area contributed by atoms with Gasteiger partial charge < -0.3 is 34.5 Å². The first-order chi connectivity index (χ1) is 15.0. The number of rotatable bonds is 8. The lowest BCUT2D eigenvalue weighted by Gasteiger charge is -2.40. The van der Waals surface area contributed by atoms with Crippen LogP contribution >= 0.6 is 0 Å². The molecule has 0 radical (unpaired) electrons. The lowest BCUT2D eigenvalue weighted by Crippen LogP contribution is -2.52. The Morgan fingerprint density at radius 1 is 1.10 bits per heavy atom. The molecule has 8 heteroatoms. The second-order valence-electron chi connectivity index (χ2n) is 7.52. The SMILES string of the molecule is COc1cc2c(C(N)=O)c(C)n(-c3ccc(N4CC(OCCO)C4)cc3)c2cc1OC. The number of hydrogen-bond acceptors (Lipinski definition) is 6. The highest BCUT2D eigenvalue weighted by Crippen LogP contribution is 2.38. The Balaban J connectivity index is 1.71. The fourth-order valence-corrected chi connectivity index (χ4v) is 4.17. The third-order valence-electron chi connectivity index (χ3n) is 5.72. The van der Waals surface area contributed by atoms with Gasteiger partial charge in [-0.15, -0.1) is 0 Å². The zero-order chi connectivity index (χ0) is 22.1. The summed E-state index contributed by atoms with van der Waals surface area (Å²) in [6.45, 7) is 3.89. The predicted octanol–water partition coefficient (Wildman–Crippen LogP) is 2.25. The molecular weight excluding hydrogens is 398 g/mol. The van der Waals surface area contributed by atoms with Crippen molar-refractivity contribution in [2.75, 3.05) is 45.4 Å². The van der Waals surface area contributed by atoms with Crippen LogP contribution in [0.3, 0.4) is 0 Å². The highest BCUT2D eigenvalue weighted by atomic mass is 16.5. The van der Waals surface area contributed by atoms with E-state index in [0.29, 0.717) is 23.7 Å². The van der Waals surface area contributed by atoms with Crippen molar-refractivity contribution in [3.63, 3.8) is 0 Å². The maximum Gasteiger partial charge on any atom is 0.251 e. The van der Waals surface area contributed by atoms with E-state index < -0.39 is 5.91 Å². The highest BCUT2D eigenvalue weighted by Gasteiger charge is 2.27. The fourth-order valence-electron chi connectivity index (χ4n) is 4.17. The van der Waals surface area contributed by atoms with Gasteiger partial charge in [-0.05, 0) is 37.3 Å². The molecule has 3 N–H and O–H groups in total. The van der Waals surface area contributed by atoms with Gasteiger partial charge >= 0.3 is 0 Å². The third kappa shape index (κ3) is 3.68. The average molecular weight is 425 g/mol. The first-order valence-electron chi connectivity index (χ1n) is 10.1. The molecule has 1 aliphatic heterocycles. The molecule has 1 aliphatic rings. The van der Waals surface area contributed by atoms with Crippen molar-refractivity contribution < 1.29 is 24.1 Å². The molecular formula is C23H27N3O5. The molecule has 1 saturated heterocycles. The van der Waals surface area contributed by atoms with E-state index in [1.54, 1.807) is 20.3 Å². The smallest absolute Gasteiger partial charge is 0.251 e. The Morgan fingerprint density at radius 3 is 2.29 bits per heavy atom. The number of carbonyl (C=O) groups is 1. The topological polar surface area (TPSA) is 99.2 Å². The van der Waals surface area contributed by atoms with Crippen molar-refractivity contribution in [2.24, 2.45) is 5.73 Å². The van der Waals surface area contributed by atoms with E-state index in [1.165, 1.54) is 0 Å². The van der Waals surface area contributed by atoms with Gasteiger partial charge in [-0.25, -0.2) is 0 Å². The molecule has 0 atom stereocenters. The quantitative estimate of drug-likeness (QED) is 0.574. The van der Waals surface area contributed by atoms with Gasteiger partial charge in [-0.2, -0.15) is 0 Å². The maximum absolute atomic E-state index is 12.2. The molecule has 4 rings (SSSR count). The van der Waals surface area contributed by atoms with E-state index in [2.05, 4.69) is 4.90 Å². The molecule has 1 aromatic heterocycles. The summed E-state index contributed by atoms with van der Waals surface area (Å²) in [6.07, 6.45) is 0.156. The highest BCUT2D eigenvalue weighted by molar-refractivity contribution is 6.09. The number of carbonyl (C=O) groups excluding carboxylic acids is 1. The van der Waals surface area contributed by atoms with E-state index in [4.69, 9.17) is 25.1 Å². The molecule has 0 unspecified atom stereocenters. The number of methoxy groups -OCH3 is 2. The summed E-state index contributed by atoms with van der Waals surface area (Å²) in [5.74, 6) is 0.635. The molecule has 0 bridgehead atoms. The summed E-state index contributed by atoms with van der Waals surface area (Å²) in [6, 6.07) is 11.8. The number of amides is 1. The Bertz CT molecular complexity index is 1100. The number of ether oxygens (including phenoxy) is 3. The van der Waals surface area contributed by atoms with Gasteiger partial charge in [0.1, 0.15) is 0 Å². The van der Waals surface area contributed by atoms with E-state index in [1.807, 2.05) is 41.8 Å². The van der Waals surface area contributed by atoms with Crippen LogP contribution in [0.25, 0.3) is 16.6 Å². The molecule has 0 saturated carbocycles. The maximum atomic E-state index is 12.2. The molecule has 0 aliphatic carbocycles. The van der Waals surface area contributed by atoms with Crippen molar-refractivity contribution in [1.82, 2.24) is 4.57 Å². The number of nitrogens with zero attached hydrogens (tertiary/aromatic N) is 2. The number of anilines is 1. The minimum atomic E-state index is -0.486. The number of aromatic nitrogens is 1. The summed E-state index contributed by atoms with van der Waals surface area (Å²) in [5, 5.41) is 9.59. The molecule has 2 heterocycles. The van der Waals surface area contributed by atoms with Crippen molar-refractivity contribution in [1.29, 1.82) is 0 Å². The van der Waals surface area contributed by atoms with Gasteiger partial charge in [0.25, 0.3) is 5.91 Å². The third-order valence-corrected chi connectivity index (χ3v) is 5.72. The largest absolute Gasteiger partial charge is 0.493 e. The number of primary amides is 1. The second kappa shape index (κ2) is 8.49. The van der Waals surface area contributed by atoms with Crippen LogP contribution < -0.4 is 20.1 Å². The minimum absolute atomic E-state index is 0.0410. The molecule has 2 aromatic carbocycles. The summed E-state index contributed by atoms with van der Waals surface area (Å²) >= 11 is 0. The van der Waals surface area contributed by atoms with Crippen LogP contribution in [0, 0.1) is 6.92 Å². The van der Waals surface area contributed by atoms with Crippen LogP contribution in [-0.4, -0.2) is 62.2 Å². The molecule has 1 fully saturated rings. The van der Waals surface area contributed by atoms with E-state index in [9.17, 15) is 4.79 Å². The first-order valence-corrected chi connectivity index (χ1v) is 10.1. The van der Waals surface area contributed by atoms with Gasteiger partial charge in [0.05, 0.1) is 44.6 Å². The number of aliphatic hydroxyl groups excluding tert-OH is 1. The van der Waals surface area contributed by atoms with Crippen molar-refractivity contribution in [3.05, 3.63) is 47.7 Å². The van der Waals surface area contributed by atoms with E-state index in [-0.39, 0.29) is 12.7 Å². The number of hydrogen-bond donors (Lipinski definition) is 2. The monoisotopic (exact) mass is 425 g/mol. The van der Waals surface area contributed by atoms with Gasteiger partial charge in [-0.3, -0.25) is 4.79 Å². The zero-order valence-corrected chi connectivity index (χ0v) is 17.9. The zero-order valence-electron chi connectivity index (χ0n) is 17.9. The number of fused-ring (bicyclic) bond motifs is 1. The molecule has 1 amide bonds. The average Bonchev–Trinajstić information content (AvgIpc) is 3.02. The van der Waals surface area contributed by atoms with Crippen LogP contribution in [0.1, 0.15) is 16.1 Å². The van der Waals surface area contributed by atoms with Gasteiger partial charge in [0.2, 0.25) is 0 Å². The Morgan fingerprint density at radius 2 is 1.71 bits per heavy atom. The Kier molecular flexibility index (Phi) is 5.75. The number of aliphatic hydroxyl groups is 1.